The van der Waals surface area contributed by atoms with Crippen LogP contribution in [0.1, 0.15) is 25.6 Å². The summed E-state index contributed by atoms with van der Waals surface area (Å²) < 4.78 is 42.2. The van der Waals surface area contributed by atoms with Gasteiger partial charge in [0.2, 0.25) is 16.0 Å². The van der Waals surface area contributed by atoms with Crippen LogP contribution in [0.2, 0.25) is 5.02 Å². The maximum Gasteiger partial charge on any atom is 0.243 e. The second-order valence-electron chi connectivity index (χ2n) is 7.84. The highest BCUT2D eigenvalue weighted by molar-refractivity contribution is 7.93. The van der Waals surface area contributed by atoms with Crippen molar-refractivity contribution in [3.05, 3.63) is 66.0 Å². The first kappa shape index (κ1) is 25.3. The van der Waals surface area contributed by atoms with E-state index < -0.39 is 21.2 Å². The number of sulfonamides is 1. The van der Waals surface area contributed by atoms with Crippen molar-refractivity contribution in [2.75, 3.05) is 18.9 Å². The Hall–Kier alpha value is -3.77. The zero-order valence-corrected chi connectivity index (χ0v) is 21.5. The third-order valence-corrected chi connectivity index (χ3v) is 7.73. The number of anilines is 1. The van der Waals surface area contributed by atoms with Crippen LogP contribution in [0.5, 0.6) is 11.5 Å². The maximum absolute atomic E-state index is 13.5. The van der Waals surface area contributed by atoms with E-state index in [0.29, 0.717) is 39.4 Å². The number of nitrogens with zero attached hydrogens (tertiary/aromatic N) is 6. The van der Waals surface area contributed by atoms with Crippen LogP contribution in [0.25, 0.3) is 17.1 Å². The van der Waals surface area contributed by atoms with Crippen LogP contribution >= 0.6 is 11.6 Å². The quantitative estimate of drug-likeness (QED) is 0.344. The van der Waals surface area contributed by atoms with Crippen LogP contribution in [0.15, 0.2) is 55.1 Å². The van der Waals surface area contributed by atoms with Crippen LogP contribution < -0.4 is 14.2 Å². The fourth-order valence-corrected chi connectivity index (χ4v) is 4.88. The van der Waals surface area contributed by atoms with Crippen molar-refractivity contribution in [2.45, 2.75) is 25.0 Å². The molecule has 4 aromatic rings. The zero-order chi connectivity index (χ0) is 25.9. The van der Waals surface area contributed by atoms with Gasteiger partial charge in [-0.25, -0.2) is 18.4 Å². The van der Waals surface area contributed by atoms with Gasteiger partial charge in [-0.1, -0.05) is 24.6 Å². The standard InChI is InChI=1S/C23H24ClN7O4S/c1-14(21-26-12-17(24)13-27-21)15(2)36(32,33)30-23-29-28-22(16-7-6-10-25-11-16)31(23)20-18(34-3)8-5-9-19(20)35-4/h5-15H,1-4H3,(H,29,30)/t14-,15-/m1/s1. The number of halogens is 1. The van der Waals surface area contributed by atoms with Gasteiger partial charge < -0.3 is 9.47 Å². The molecule has 0 saturated carbocycles. The Morgan fingerprint density at radius 1 is 0.972 bits per heavy atom. The molecule has 0 amide bonds. The van der Waals surface area contributed by atoms with Gasteiger partial charge in [-0.15, -0.1) is 10.2 Å². The Bertz CT molecular complexity index is 1430. The molecular formula is C23H24ClN7O4S. The number of rotatable bonds is 9. The lowest BCUT2D eigenvalue weighted by molar-refractivity contribution is 0.391. The first-order chi connectivity index (χ1) is 17.3. The van der Waals surface area contributed by atoms with Crippen LogP contribution in [0.3, 0.4) is 0 Å². The number of hydrogen-bond donors (Lipinski definition) is 1. The lowest BCUT2D eigenvalue weighted by atomic mass is 10.1. The molecule has 188 valence electrons. The highest BCUT2D eigenvalue weighted by Crippen LogP contribution is 2.38. The fourth-order valence-electron chi connectivity index (χ4n) is 3.55. The molecular weight excluding hydrogens is 506 g/mol. The summed E-state index contributed by atoms with van der Waals surface area (Å²) >= 11 is 5.87. The van der Waals surface area contributed by atoms with Gasteiger partial charge in [0.1, 0.15) is 23.0 Å². The van der Waals surface area contributed by atoms with E-state index in [1.54, 1.807) is 56.6 Å². The van der Waals surface area contributed by atoms with Crippen molar-refractivity contribution in [3.63, 3.8) is 0 Å². The second kappa shape index (κ2) is 10.5. The molecule has 0 fully saturated rings. The predicted molar refractivity (Wildman–Crippen MR) is 135 cm³/mol. The average molecular weight is 530 g/mol. The van der Waals surface area contributed by atoms with E-state index in [1.807, 2.05) is 0 Å². The molecule has 3 heterocycles. The summed E-state index contributed by atoms with van der Waals surface area (Å²) in [5, 5.41) is 7.87. The van der Waals surface area contributed by atoms with E-state index in [1.165, 1.54) is 31.2 Å². The number of methoxy groups -OCH3 is 2. The molecule has 0 radical (unpaired) electrons. The minimum atomic E-state index is -3.99. The van der Waals surface area contributed by atoms with Crippen LogP contribution in [-0.2, 0) is 10.0 Å². The smallest absolute Gasteiger partial charge is 0.243 e. The largest absolute Gasteiger partial charge is 0.494 e. The summed E-state index contributed by atoms with van der Waals surface area (Å²) in [6.07, 6.45) is 6.08. The Morgan fingerprint density at radius 3 is 2.22 bits per heavy atom. The van der Waals surface area contributed by atoms with Gasteiger partial charge in [-0.3, -0.25) is 14.3 Å². The molecule has 3 aromatic heterocycles. The molecule has 0 spiro atoms. The number of pyridine rings is 1. The molecule has 0 aliphatic carbocycles. The van der Waals surface area contributed by atoms with Gasteiger partial charge >= 0.3 is 0 Å². The van der Waals surface area contributed by atoms with E-state index in [2.05, 4.69) is 29.9 Å². The number of benzene rings is 1. The number of aromatic nitrogens is 6. The third kappa shape index (κ3) is 4.95. The molecule has 2 atom stereocenters. The molecule has 11 nitrogen and oxygen atoms in total. The highest BCUT2D eigenvalue weighted by atomic mass is 35.5. The van der Waals surface area contributed by atoms with Crippen LogP contribution in [0.4, 0.5) is 5.95 Å². The third-order valence-electron chi connectivity index (χ3n) is 5.68. The van der Waals surface area contributed by atoms with Gasteiger partial charge in [-0.05, 0) is 31.2 Å². The molecule has 0 aliphatic heterocycles. The van der Waals surface area contributed by atoms with Gasteiger partial charge in [0.05, 0.1) is 24.5 Å². The highest BCUT2D eigenvalue weighted by Gasteiger charge is 2.32. The summed E-state index contributed by atoms with van der Waals surface area (Å²) in [5.74, 6) is 0.945. The van der Waals surface area contributed by atoms with Gasteiger partial charge in [0, 0.05) is 36.3 Å². The molecule has 0 aliphatic rings. The average Bonchev–Trinajstić information content (AvgIpc) is 3.30. The van der Waals surface area contributed by atoms with Crippen molar-refractivity contribution < 1.29 is 17.9 Å². The van der Waals surface area contributed by atoms with Crippen molar-refractivity contribution >= 4 is 27.6 Å². The van der Waals surface area contributed by atoms with Crippen molar-refractivity contribution in [1.82, 2.24) is 29.7 Å². The van der Waals surface area contributed by atoms with Crippen molar-refractivity contribution in [2.24, 2.45) is 0 Å². The van der Waals surface area contributed by atoms with Gasteiger partial charge in [0.25, 0.3) is 0 Å². The molecule has 4 rings (SSSR count). The molecule has 0 saturated heterocycles. The Balaban J connectivity index is 1.81. The Morgan fingerprint density at radius 2 is 1.64 bits per heavy atom. The number of hydrogen-bond acceptors (Lipinski definition) is 9. The first-order valence-corrected chi connectivity index (χ1v) is 12.8. The zero-order valence-electron chi connectivity index (χ0n) is 20.0. The molecule has 13 heteroatoms. The summed E-state index contributed by atoms with van der Waals surface area (Å²) in [4.78, 5) is 12.5. The summed E-state index contributed by atoms with van der Waals surface area (Å²) in [7, 11) is -0.981. The molecule has 36 heavy (non-hydrogen) atoms. The molecule has 0 unspecified atom stereocenters. The van der Waals surface area contributed by atoms with E-state index in [0.717, 1.165) is 0 Å². The van der Waals surface area contributed by atoms with E-state index in [-0.39, 0.29) is 5.95 Å². The number of ether oxygens (including phenoxy) is 2. The summed E-state index contributed by atoms with van der Waals surface area (Å²) in [5.41, 5.74) is 1.03. The monoisotopic (exact) mass is 529 g/mol. The maximum atomic E-state index is 13.5. The van der Waals surface area contributed by atoms with E-state index >= 15 is 0 Å². The minimum absolute atomic E-state index is 0.0484. The fraction of sp³-hybridized carbons (Fsp3) is 0.261. The summed E-state index contributed by atoms with van der Waals surface area (Å²) in [6, 6.07) is 8.75. The van der Waals surface area contributed by atoms with E-state index in [4.69, 9.17) is 21.1 Å². The van der Waals surface area contributed by atoms with Crippen LogP contribution in [-0.4, -0.2) is 57.6 Å². The lowest BCUT2D eigenvalue weighted by Gasteiger charge is -2.21. The molecule has 1 N–H and O–H groups in total. The van der Waals surface area contributed by atoms with Gasteiger partial charge in [0.15, 0.2) is 5.82 Å². The Kier molecular flexibility index (Phi) is 7.36. The molecule has 0 bridgehead atoms. The molecule has 1 aromatic carbocycles. The SMILES string of the molecule is COc1cccc(OC)c1-n1c(NS(=O)(=O)[C@H](C)[C@@H](C)c2ncc(Cl)cn2)nnc1-c1cccnc1. The van der Waals surface area contributed by atoms with Crippen molar-refractivity contribution in [1.29, 1.82) is 0 Å². The van der Waals surface area contributed by atoms with E-state index in [9.17, 15) is 8.42 Å². The summed E-state index contributed by atoms with van der Waals surface area (Å²) in [6.45, 7) is 3.29. The number of nitrogens with one attached hydrogen (secondary N) is 1. The lowest BCUT2D eigenvalue weighted by Crippen LogP contribution is -2.31. The topological polar surface area (TPSA) is 134 Å². The normalized spacial score (nSPS) is 13.1. The predicted octanol–water partition coefficient (Wildman–Crippen LogP) is 3.72. The van der Waals surface area contributed by atoms with Crippen molar-refractivity contribution in [3.8, 4) is 28.6 Å². The van der Waals surface area contributed by atoms with Crippen LogP contribution in [0, 0.1) is 0 Å². The van der Waals surface area contributed by atoms with Gasteiger partial charge in [-0.2, -0.15) is 0 Å². The first-order valence-electron chi connectivity index (χ1n) is 10.8. The Labute approximate surface area is 213 Å². The minimum Gasteiger partial charge on any atom is -0.494 e. The second-order valence-corrected chi connectivity index (χ2v) is 10.3. The number of para-hydroxylation sites is 1.